The lowest BCUT2D eigenvalue weighted by molar-refractivity contribution is -0.137. The Morgan fingerprint density at radius 3 is 1.57 bits per heavy atom. The van der Waals surface area contributed by atoms with E-state index in [1.807, 2.05) is 0 Å². The van der Waals surface area contributed by atoms with E-state index in [-0.39, 0.29) is 6.10 Å². The summed E-state index contributed by atoms with van der Waals surface area (Å²) in [4.78, 5) is 10.4. The Hall–Kier alpha value is -1.09. The molecular weight excluding hydrogens is 372 g/mol. The van der Waals surface area contributed by atoms with Crippen LogP contribution in [-0.4, -0.2) is 22.3 Å². The van der Waals surface area contributed by atoms with Gasteiger partial charge in [-0.15, -0.1) is 0 Å². The average Bonchev–Trinajstić information content (AvgIpc) is 2.72. The van der Waals surface area contributed by atoms with Crippen molar-refractivity contribution in [2.45, 2.75) is 141 Å². The minimum Gasteiger partial charge on any atom is -0.481 e. The van der Waals surface area contributed by atoms with E-state index in [1.165, 1.54) is 77.0 Å². The van der Waals surface area contributed by atoms with Crippen LogP contribution in [0.1, 0.15) is 135 Å². The molecule has 0 aliphatic carbocycles. The van der Waals surface area contributed by atoms with E-state index in [2.05, 4.69) is 31.2 Å². The summed E-state index contributed by atoms with van der Waals surface area (Å²) in [5.74, 6) is -0.663. The topological polar surface area (TPSA) is 57.5 Å². The first-order chi connectivity index (χ1) is 14.7. The van der Waals surface area contributed by atoms with Crippen LogP contribution in [0.4, 0.5) is 0 Å². The van der Waals surface area contributed by atoms with Crippen molar-refractivity contribution >= 4 is 5.97 Å². The van der Waals surface area contributed by atoms with Gasteiger partial charge in [0, 0.05) is 6.42 Å². The van der Waals surface area contributed by atoms with E-state index in [1.54, 1.807) is 0 Å². The number of rotatable bonds is 23. The first-order valence-electron chi connectivity index (χ1n) is 12.9. The van der Waals surface area contributed by atoms with E-state index in [9.17, 15) is 9.90 Å². The number of unbranched alkanes of at least 4 members (excludes halogenated alkanes) is 14. The molecule has 3 heteroatoms. The molecular formula is C27H50O3. The van der Waals surface area contributed by atoms with Gasteiger partial charge in [-0.2, -0.15) is 0 Å². The second-order valence-corrected chi connectivity index (χ2v) is 8.71. The second kappa shape index (κ2) is 24.2. The number of carboxylic acids is 1. The molecule has 1 atom stereocenters. The summed E-state index contributed by atoms with van der Waals surface area (Å²) in [5.41, 5.74) is 0. The zero-order valence-electron chi connectivity index (χ0n) is 19.8. The smallest absolute Gasteiger partial charge is 0.303 e. The van der Waals surface area contributed by atoms with Crippen molar-refractivity contribution in [2.24, 2.45) is 0 Å². The molecule has 0 aromatic carbocycles. The third-order valence-electron chi connectivity index (χ3n) is 5.68. The lowest BCUT2D eigenvalue weighted by Gasteiger charge is -2.07. The SMILES string of the molecule is CCC=CCC=CCC(O)CCCCCCCCCCCCCCCCCC(=O)O. The maximum Gasteiger partial charge on any atom is 0.303 e. The van der Waals surface area contributed by atoms with Gasteiger partial charge in [0.05, 0.1) is 6.10 Å². The zero-order chi connectivity index (χ0) is 22.1. The summed E-state index contributed by atoms with van der Waals surface area (Å²) in [6.07, 6.45) is 31.5. The van der Waals surface area contributed by atoms with E-state index < -0.39 is 5.97 Å². The summed E-state index contributed by atoms with van der Waals surface area (Å²) < 4.78 is 0. The molecule has 0 radical (unpaired) electrons. The number of aliphatic carboxylic acids is 1. The highest BCUT2D eigenvalue weighted by molar-refractivity contribution is 5.66. The number of carbonyl (C=O) groups is 1. The van der Waals surface area contributed by atoms with Crippen LogP contribution in [0.5, 0.6) is 0 Å². The van der Waals surface area contributed by atoms with Crippen molar-refractivity contribution in [3.8, 4) is 0 Å². The van der Waals surface area contributed by atoms with Crippen molar-refractivity contribution in [1.82, 2.24) is 0 Å². The third-order valence-corrected chi connectivity index (χ3v) is 5.68. The van der Waals surface area contributed by atoms with Crippen molar-refractivity contribution in [2.75, 3.05) is 0 Å². The molecule has 0 bridgehead atoms. The molecule has 0 rings (SSSR count). The highest BCUT2D eigenvalue weighted by atomic mass is 16.4. The molecule has 0 saturated carbocycles. The molecule has 0 spiro atoms. The predicted molar refractivity (Wildman–Crippen MR) is 130 cm³/mol. The number of aliphatic hydroxyl groups excluding tert-OH is 1. The monoisotopic (exact) mass is 422 g/mol. The van der Waals surface area contributed by atoms with Gasteiger partial charge in [-0.25, -0.2) is 0 Å². The maximum absolute atomic E-state index is 10.4. The molecule has 0 aromatic rings. The number of hydrogen-bond acceptors (Lipinski definition) is 2. The lowest BCUT2D eigenvalue weighted by Crippen LogP contribution is -2.04. The van der Waals surface area contributed by atoms with Gasteiger partial charge in [0.15, 0.2) is 0 Å². The van der Waals surface area contributed by atoms with Crippen molar-refractivity contribution in [3.05, 3.63) is 24.3 Å². The van der Waals surface area contributed by atoms with Crippen LogP contribution in [0.2, 0.25) is 0 Å². The van der Waals surface area contributed by atoms with Crippen LogP contribution in [0.15, 0.2) is 24.3 Å². The van der Waals surface area contributed by atoms with Crippen LogP contribution in [-0.2, 0) is 4.79 Å². The van der Waals surface area contributed by atoms with Gasteiger partial charge in [-0.3, -0.25) is 4.79 Å². The van der Waals surface area contributed by atoms with Gasteiger partial charge in [0.1, 0.15) is 0 Å². The summed E-state index contributed by atoms with van der Waals surface area (Å²) in [7, 11) is 0. The van der Waals surface area contributed by atoms with Gasteiger partial charge in [0.2, 0.25) is 0 Å². The zero-order valence-corrected chi connectivity index (χ0v) is 19.8. The number of aliphatic hydroxyl groups is 1. The van der Waals surface area contributed by atoms with Gasteiger partial charge in [-0.1, -0.05) is 121 Å². The fourth-order valence-electron chi connectivity index (χ4n) is 3.76. The van der Waals surface area contributed by atoms with Gasteiger partial charge < -0.3 is 10.2 Å². The Bertz CT molecular complexity index is 414. The Balaban J connectivity index is 3.19. The van der Waals surface area contributed by atoms with Crippen molar-refractivity contribution in [3.63, 3.8) is 0 Å². The second-order valence-electron chi connectivity index (χ2n) is 8.71. The van der Waals surface area contributed by atoms with E-state index in [0.717, 1.165) is 44.9 Å². The first kappa shape index (κ1) is 28.9. The normalized spacial score (nSPS) is 12.9. The number of allylic oxidation sites excluding steroid dienone is 3. The molecule has 0 aliphatic heterocycles. The summed E-state index contributed by atoms with van der Waals surface area (Å²) in [6.45, 7) is 2.14. The molecule has 30 heavy (non-hydrogen) atoms. The molecule has 0 fully saturated rings. The summed E-state index contributed by atoms with van der Waals surface area (Å²) in [6, 6.07) is 0. The number of hydrogen-bond donors (Lipinski definition) is 2. The molecule has 2 N–H and O–H groups in total. The van der Waals surface area contributed by atoms with Gasteiger partial charge in [0.25, 0.3) is 0 Å². The first-order valence-corrected chi connectivity index (χ1v) is 12.9. The Morgan fingerprint density at radius 1 is 0.667 bits per heavy atom. The quantitative estimate of drug-likeness (QED) is 0.128. The molecule has 1 unspecified atom stereocenters. The summed E-state index contributed by atoms with van der Waals surface area (Å²) in [5, 5.41) is 18.6. The highest BCUT2D eigenvalue weighted by Crippen LogP contribution is 2.15. The van der Waals surface area contributed by atoms with Crippen LogP contribution in [0.25, 0.3) is 0 Å². The fraction of sp³-hybridized carbons (Fsp3) is 0.815. The van der Waals surface area contributed by atoms with Crippen LogP contribution >= 0.6 is 0 Å². The standard InChI is InChI=1S/C27H50O3/c1-2-3-4-5-17-20-23-26(28)24-21-18-15-13-11-9-7-6-8-10-12-14-16-19-22-25-27(29)30/h3-4,17,20,26,28H,2,5-16,18-19,21-25H2,1H3,(H,29,30). The summed E-state index contributed by atoms with van der Waals surface area (Å²) >= 11 is 0. The molecule has 0 aliphatic rings. The fourth-order valence-corrected chi connectivity index (χ4v) is 3.76. The molecule has 0 heterocycles. The van der Waals surface area contributed by atoms with Gasteiger partial charge in [-0.05, 0) is 32.1 Å². The predicted octanol–water partition coefficient (Wildman–Crippen LogP) is 8.37. The Kier molecular flexibility index (Phi) is 23.3. The van der Waals surface area contributed by atoms with E-state index >= 15 is 0 Å². The molecule has 0 saturated heterocycles. The minimum atomic E-state index is -0.663. The van der Waals surface area contributed by atoms with Crippen LogP contribution in [0.3, 0.4) is 0 Å². The maximum atomic E-state index is 10.4. The average molecular weight is 423 g/mol. The molecule has 0 amide bonds. The third kappa shape index (κ3) is 24.9. The molecule has 176 valence electrons. The number of carboxylic acid groups (broad SMARTS) is 1. The Labute approximate surface area is 187 Å². The van der Waals surface area contributed by atoms with Crippen LogP contribution in [0, 0.1) is 0 Å². The molecule has 0 aromatic heterocycles. The van der Waals surface area contributed by atoms with E-state index in [4.69, 9.17) is 5.11 Å². The van der Waals surface area contributed by atoms with Gasteiger partial charge >= 0.3 is 5.97 Å². The Morgan fingerprint density at radius 2 is 1.10 bits per heavy atom. The van der Waals surface area contributed by atoms with Crippen molar-refractivity contribution in [1.29, 1.82) is 0 Å². The largest absolute Gasteiger partial charge is 0.481 e. The highest BCUT2D eigenvalue weighted by Gasteiger charge is 2.01. The minimum absolute atomic E-state index is 0.166. The van der Waals surface area contributed by atoms with Crippen molar-refractivity contribution < 1.29 is 15.0 Å². The van der Waals surface area contributed by atoms with E-state index in [0.29, 0.717) is 6.42 Å². The van der Waals surface area contributed by atoms with Crippen LogP contribution < -0.4 is 0 Å². The molecule has 3 nitrogen and oxygen atoms in total. The lowest BCUT2D eigenvalue weighted by atomic mass is 10.0.